The van der Waals surface area contributed by atoms with Gasteiger partial charge in [-0.15, -0.1) is 0 Å². The van der Waals surface area contributed by atoms with E-state index >= 15 is 0 Å². The number of hydrogen-bond acceptors (Lipinski definition) is 4. The van der Waals surface area contributed by atoms with E-state index in [-0.39, 0.29) is 28.8 Å². The number of carbonyl (C=O) groups is 1. The molecule has 0 aliphatic heterocycles. The van der Waals surface area contributed by atoms with E-state index < -0.39 is 17.6 Å². The van der Waals surface area contributed by atoms with Crippen molar-refractivity contribution in [2.45, 2.75) is 59.7 Å². The predicted octanol–water partition coefficient (Wildman–Crippen LogP) is 3.07. The first-order valence-corrected chi connectivity index (χ1v) is 8.77. The number of hydrogen-bond donors (Lipinski definition) is 3. The third kappa shape index (κ3) is 2.31. The van der Waals surface area contributed by atoms with Gasteiger partial charge in [-0.2, -0.15) is 0 Å². The van der Waals surface area contributed by atoms with E-state index in [1.807, 2.05) is 34.6 Å². The van der Waals surface area contributed by atoms with Crippen LogP contribution in [0, 0.1) is 22.7 Å². The third-order valence-corrected chi connectivity index (χ3v) is 6.15. The van der Waals surface area contributed by atoms with Crippen LogP contribution in [0.5, 0.6) is 0 Å². The Morgan fingerprint density at radius 2 is 1.79 bits per heavy atom. The average molecular weight is 332 g/mol. The Labute approximate surface area is 143 Å². The molecule has 3 rings (SSSR count). The van der Waals surface area contributed by atoms with Gasteiger partial charge in [0.25, 0.3) is 0 Å². The maximum atomic E-state index is 12.6. The van der Waals surface area contributed by atoms with Crippen LogP contribution in [-0.2, 0) is 4.79 Å². The van der Waals surface area contributed by atoms with Crippen LogP contribution in [0.1, 0.15) is 47.5 Å². The van der Waals surface area contributed by atoms with Gasteiger partial charge in [0.2, 0.25) is 5.78 Å². The zero-order valence-corrected chi connectivity index (χ0v) is 15.1. The Morgan fingerprint density at radius 1 is 1.17 bits per heavy atom. The molecule has 0 aromatic rings. The molecule has 0 spiro atoms. The van der Waals surface area contributed by atoms with Crippen LogP contribution in [0.3, 0.4) is 0 Å². The maximum Gasteiger partial charge on any atom is 0.223 e. The van der Waals surface area contributed by atoms with Gasteiger partial charge in [-0.25, -0.2) is 0 Å². The summed E-state index contributed by atoms with van der Waals surface area (Å²) in [5, 5.41) is 32.0. The molecule has 4 unspecified atom stereocenters. The standard InChI is InChI=1S/C20H28O4/c1-10(2)13-6-11-7-14(22)18-19(3,4)8-12(21)9-20(18,5)15(11)17(24)16(13)23/h6-7,10,12,14,18,21-22,24H,8-9H2,1-5H3. The minimum Gasteiger partial charge on any atom is -0.504 e. The number of aliphatic hydroxyl groups is 3. The molecule has 3 N–H and O–H groups in total. The zero-order chi connectivity index (χ0) is 18.0. The van der Waals surface area contributed by atoms with Crippen LogP contribution in [0.4, 0.5) is 0 Å². The van der Waals surface area contributed by atoms with Gasteiger partial charge in [0, 0.05) is 22.5 Å². The SMILES string of the molecule is CC(C)C1=CC2=CC(O)C3C(C)(C)CC(O)CC3(C)C2=C(O)C1=O. The summed E-state index contributed by atoms with van der Waals surface area (Å²) in [6, 6.07) is 0. The monoisotopic (exact) mass is 332 g/mol. The van der Waals surface area contributed by atoms with E-state index in [4.69, 9.17) is 0 Å². The summed E-state index contributed by atoms with van der Waals surface area (Å²) in [7, 11) is 0. The molecule has 0 aromatic heterocycles. The van der Waals surface area contributed by atoms with Gasteiger partial charge in [-0.3, -0.25) is 4.79 Å². The summed E-state index contributed by atoms with van der Waals surface area (Å²) in [6.45, 7) is 9.88. The molecule has 132 valence electrons. The largest absolute Gasteiger partial charge is 0.504 e. The smallest absolute Gasteiger partial charge is 0.223 e. The molecule has 3 aliphatic carbocycles. The van der Waals surface area contributed by atoms with E-state index in [1.54, 1.807) is 12.2 Å². The third-order valence-electron chi connectivity index (χ3n) is 6.15. The van der Waals surface area contributed by atoms with Crippen molar-refractivity contribution in [3.8, 4) is 0 Å². The van der Waals surface area contributed by atoms with Crippen LogP contribution < -0.4 is 0 Å². The highest BCUT2D eigenvalue weighted by Crippen LogP contribution is 2.61. The van der Waals surface area contributed by atoms with Crippen molar-refractivity contribution < 1.29 is 20.1 Å². The maximum absolute atomic E-state index is 12.6. The van der Waals surface area contributed by atoms with Gasteiger partial charge >= 0.3 is 0 Å². The normalized spacial score (nSPS) is 38.5. The first kappa shape index (κ1) is 17.4. The summed E-state index contributed by atoms with van der Waals surface area (Å²) < 4.78 is 0. The van der Waals surface area contributed by atoms with Crippen LogP contribution in [0.15, 0.2) is 34.6 Å². The lowest BCUT2D eigenvalue weighted by molar-refractivity contribution is -0.117. The van der Waals surface area contributed by atoms with Gasteiger partial charge < -0.3 is 15.3 Å². The molecule has 0 saturated heterocycles. The number of fused-ring (bicyclic) bond motifs is 3. The molecule has 0 amide bonds. The fourth-order valence-electron chi connectivity index (χ4n) is 5.51. The first-order valence-electron chi connectivity index (χ1n) is 8.77. The molecule has 4 atom stereocenters. The number of allylic oxidation sites excluding steroid dienone is 4. The highest BCUT2D eigenvalue weighted by molar-refractivity contribution is 6.10. The van der Waals surface area contributed by atoms with Gasteiger partial charge in [0.1, 0.15) is 0 Å². The molecule has 24 heavy (non-hydrogen) atoms. The molecule has 4 heteroatoms. The number of ketones is 1. The lowest BCUT2D eigenvalue weighted by Gasteiger charge is -2.57. The van der Waals surface area contributed by atoms with E-state index in [2.05, 4.69) is 0 Å². The van der Waals surface area contributed by atoms with Crippen molar-refractivity contribution in [3.63, 3.8) is 0 Å². The quantitative estimate of drug-likeness (QED) is 0.689. The van der Waals surface area contributed by atoms with E-state index in [9.17, 15) is 20.1 Å². The molecule has 0 radical (unpaired) electrons. The summed E-state index contributed by atoms with van der Waals surface area (Å²) in [4.78, 5) is 12.6. The molecule has 4 nitrogen and oxygen atoms in total. The Morgan fingerprint density at radius 3 is 2.38 bits per heavy atom. The Balaban J connectivity index is 2.23. The lowest BCUT2D eigenvalue weighted by Crippen LogP contribution is -2.55. The molecule has 1 fully saturated rings. The van der Waals surface area contributed by atoms with Crippen LogP contribution in [0.25, 0.3) is 0 Å². The van der Waals surface area contributed by atoms with Crippen molar-refractivity contribution in [1.82, 2.24) is 0 Å². The van der Waals surface area contributed by atoms with Gasteiger partial charge in [0.05, 0.1) is 12.2 Å². The Bertz CT molecular complexity index is 680. The van der Waals surface area contributed by atoms with E-state index in [0.29, 0.717) is 24.0 Å². The van der Waals surface area contributed by atoms with Crippen LogP contribution in [-0.4, -0.2) is 33.3 Å². The van der Waals surface area contributed by atoms with Crippen molar-refractivity contribution in [3.05, 3.63) is 34.6 Å². The fraction of sp³-hybridized carbons (Fsp3) is 0.650. The molecule has 1 saturated carbocycles. The number of rotatable bonds is 1. The minimum atomic E-state index is -0.665. The fourth-order valence-corrected chi connectivity index (χ4v) is 5.51. The number of Topliss-reactive ketones (excluding diaryl/α,β-unsaturated/α-hetero) is 1. The predicted molar refractivity (Wildman–Crippen MR) is 92.3 cm³/mol. The highest BCUT2D eigenvalue weighted by atomic mass is 16.3. The number of carbonyl (C=O) groups excluding carboxylic acids is 1. The van der Waals surface area contributed by atoms with Crippen molar-refractivity contribution >= 4 is 5.78 Å². The molecular weight excluding hydrogens is 304 g/mol. The number of aliphatic hydroxyl groups excluding tert-OH is 3. The first-order chi connectivity index (χ1) is 11.0. The Hall–Kier alpha value is -1.39. The minimum absolute atomic E-state index is 0.00170. The van der Waals surface area contributed by atoms with Crippen LogP contribution >= 0.6 is 0 Å². The molecule has 0 bridgehead atoms. The van der Waals surface area contributed by atoms with Crippen molar-refractivity contribution in [1.29, 1.82) is 0 Å². The second-order valence-corrected chi connectivity index (χ2v) is 8.87. The molecule has 0 heterocycles. The molecule has 3 aliphatic rings. The van der Waals surface area contributed by atoms with Gasteiger partial charge in [-0.05, 0) is 41.9 Å². The average Bonchev–Trinajstić information content (AvgIpc) is 2.38. The van der Waals surface area contributed by atoms with Gasteiger partial charge in [-0.1, -0.05) is 34.6 Å². The van der Waals surface area contributed by atoms with E-state index in [0.717, 1.165) is 5.57 Å². The second-order valence-electron chi connectivity index (χ2n) is 8.87. The van der Waals surface area contributed by atoms with Gasteiger partial charge in [0.15, 0.2) is 5.76 Å². The van der Waals surface area contributed by atoms with Crippen molar-refractivity contribution in [2.24, 2.45) is 22.7 Å². The molecular formula is C20H28O4. The van der Waals surface area contributed by atoms with E-state index in [1.165, 1.54) is 0 Å². The highest BCUT2D eigenvalue weighted by Gasteiger charge is 2.57. The zero-order valence-electron chi connectivity index (χ0n) is 15.1. The molecule has 0 aromatic carbocycles. The summed E-state index contributed by atoms with van der Waals surface area (Å²) >= 11 is 0. The lowest BCUT2D eigenvalue weighted by atomic mass is 9.48. The summed E-state index contributed by atoms with van der Waals surface area (Å²) in [5.74, 6) is -0.697. The summed E-state index contributed by atoms with van der Waals surface area (Å²) in [5.41, 5.74) is 0.952. The second kappa shape index (κ2) is 5.30. The Kier molecular flexibility index (Phi) is 3.85. The topological polar surface area (TPSA) is 77.8 Å². The van der Waals surface area contributed by atoms with Crippen molar-refractivity contribution in [2.75, 3.05) is 0 Å². The summed E-state index contributed by atoms with van der Waals surface area (Å²) in [6.07, 6.45) is 3.43. The van der Waals surface area contributed by atoms with Crippen LogP contribution in [0.2, 0.25) is 0 Å².